The summed E-state index contributed by atoms with van der Waals surface area (Å²) >= 11 is 0. The zero-order valence-corrected chi connectivity index (χ0v) is 9.35. The summed E-state index contributed by atoms with van der Waals surface area (Å²) in [6.45, 7) is 2.28. The number of ether oxygens (including phenoxy) is 1. The van der Waals surface area contributed by atoms with Crippen molar-refractivity contribution in [2.75, 3.05) is 13.2 Å². The van der Waals surface area contributed by atoms with Crippen LogP contribution >= 0.6 is 0 Å². The third-order valence-corrected chi connectivity index (χ3v) is 2.05. The highest BCUT2D eigenvalue weighted by atomic mass is 16.5. The van der Waals surface area contributed by atoms with E-state index >= 15 is 0 Å². The fourth-order valence-electron chi connectivity index (χ4n) is 1.34. The molecule has 0 fully saturated rings. The SMILES string of the molecule is CCOC(=O)C=Cc1cccc(CCO)c1. The van der Waals surface area contributed by atoms with Gasteiger partial charge in [0.05, 0.1) is 6.61 Å². The molecule has 1 rings (SSSR count). The van der Waals surface area contributed by atoms with Crippen molar-refractivity contribution in [2.45, 2.75) is 13.3 Å². The number of aliphatic hydroxyl groups excluding tert-OH is 1. The Kier molecular flexibility index (Phi) is 5.29. The normalized spacial score (nSPS) is 10.6. The first kappa shape index (κ1) is 12.5. The average molecular weight is 220 g/mol. The van der Waals surface area contributed by atoms with Gasteiger partial charge in [-0.15, -0.1) is 0 Å². The van der Waals surface area contributed by atoms with Crippen molar-refractivity contribution in [2.24, 2.45) is 0 Å². The van der Waals surface area contributed by atoms with Crippen molar-refractivity contribution < 1.29 is 14.6 Å². The fraction of sp³-hybridized carbons (Fsp3) is 0.308. The van der Waals surface area contributed by atoms with Gasteiger partial charge < -0.3 is 9.84 Å². The monoisotopic (exact) mass is 220 g/mol. The van der Waals surface area contributed by atoms with E-state index in [4.69, 9.17) is 9.84 Å². The van der Waals surface area contributed by atoms with Crippen molar-refractivity contribution in [1.82, 2.24) is 0 Å². The van der Waals surface area contributed by atoms with Crippen molar-refractivity contribution in [1.29, 1.82) is 0 Å². The van der Waals surface area contributed by atoms with Crippen LogP contribution in [0.1, 0.15) is 18.1 Å². The molecule has 1 N–H and O–H groups in total. The molecule has 0 heterocycles. The molecule has 3 nitrogen and oxygen atoms in total. The highest BCUT2D eigenvalue weighted by Crippen LogP contribution is 2.07. The molecule has 0 saturated heterocycles. The number of carbonyl (C=O) groups is 1. The summed E-state index contributed by atoms with van der Waals surface area (Å²) < 4.78 is 4.78. The number of benzene rings is 1. The van der Waals surface area contributed by atoms with E-state index in [0.717, 1.165) is 11.1 Å². The third kappa shape index (κ3) is 4.28. The number of aliphatic hydroxyl groups is 1. The molecule has 0 aliphatic rings. The minimum atomic E-state index is -0.338. The van der Waals surface area contributed by atoms with Crippen molar-refractivity contribution in [3.63, 3.8) is 0 Å². The second-order valence-corrected chi connectivity index (χ2v) is 3.30. The quantitative estimate of drug-likeness (QED) is 0.608. The van der Waals surface area contributed by atoms with Crippen LogP contribution in [-0.2, 0) is 16.0 Å². The Labute approximate surface area is 95.4 Å². The lowest BCUT2D eigenvalue weighted by Crippen LogP contribution is -1.98. The van der Waals surface area contributed by atoms with E-state index in [9.17, 15) is 4.79 Å². The zero-order valence-electron chi connectivity index (χ0n) is 9.35. The summed E-state index contributed by atoms with van der Waals surface area (Å²) in [6.07, 6.45) is 3.74. The molecule has 0 radical (unpaired) electrons. The van der Waals surface area contributed by atoms with Crippen LogP contribution in [0.5, 0.6) is 0 Å². The first-order chi connectivity index (χ1) is 7.76. The molecule has 0 unspecified atom stereocenters. The smallest absolute Gasteiger partial charge is 0.330 e. The van der Waals surface area contributed by atoms with E-state index in [2.05, 4.69) is 0 Å². The molecule has 0 aliphatic carbocycles. The van der Waals surface area contributed by atoms with Gasteiger partial charge in [0.15, 0.2) is 0 Å². The van der Waals surface area contributed by atoms with Gasteiger partial charge in [-0.1, -0.05) is 24.3 Å². The topological polar surface area (TPSA) is 46.5 Å². The molecule has 0 atom stereocenters. The Balaban J connectivity index is 2.66. The van der Waals surface area contributed by atoms with Gasteiger partial charge in [-0.3, -0.25) is 0 Å². The van der Waals surface area contributed by atoms with Crippen LogP contribution in [0.2, 0.25) is 0 Å². The van der Waals surface area contributed by atoms with E-state index in [-0.39, 0.29) is 12.6 Å². The third-order valence-electron chi connectivity index (χ3n) is 2.05. The Morgan fingerprint density at radius 1 is 1.50 bits per heavy atom. The van der Waals surface area contributed by atoms with Crippen molar-refractivity contribution >= 4 is 12.0 Å². The van der Waals surface area contributed by atoms with Gasteiger partial charge in [0.25, 0.3) is 0 Å². The number of carbonyl (C=O) groups excluding carboxylic acids is 1. The van der Waals surface area contributed by atoms with Crippen LogP contribution in [0.3, 0.4) is 0 Å². The molecule has 0 aromatic heterocycles. The van der Waals surface area contributed by atoms with E-state index in [1.54, 1.807) is 13.0 Å². The molecule has 0 aliphatic heterocycles. The van der Waals surface area contributed by atoms with Crippen LogP contribution in [0.25, 0.3) is 6.08 Å². The second kappa shape index (κ2) is 6.80. The molecule has 16 heavy (non-hydrogen) atoms. The summed E-state index contributed by atoms with van der Waals surface area (Å²) in [4.78, 5) is 11.1. The fourth-order valence-corrected chi connectivity index (χ4v) is 1.34. The van der Waals surface area contributed by atoms with Crippen LogP contribution in [0, 0.1) is 0 Å². The molecule has 1 aromatic rings. The molecule has 86 valence electrons. The Bertz CT molecular complexity index is 369. The van der Waals surface area contributed by atoms with Gasteiger partial charge in [-0.25, -0.2) is 4.79 Å². The van der Waals surface area contributed by atoms with Crippen molar-refractivity contribution in [3.8, 4) is 0 Å². The predicted octanol–water partition coefficient (Wildman–Crippen LogP) is 1.80. The van der Waals surface area contributed by atoms with Gasteiger partial charge in [0, 0.05) is 12.7 Å². The summed E-state index contributed by atoms with van der Waals surface area (Å²) in [5.41, 5.74) is 1.98. The lowest BCUT2D eigenvalue weighted by Gasteiger charge is -2.00. The molecule has 0 spiro atoms. The Morgan fingerprint density at radius 2 is 2.31 bits per heavy atom. The number of rotatable bonds is 5. The summed E-state index contributed by atoms with van der Waals surface area (Å²) in [7, 11) is 0. The lowest BCUT2D eigenvalue weighted by molar-refractivity contribution is -0.137. The average Bonchev–Trinajstić information content (AvgIpc) is 2.28. The first-order valence-corrected chi connectivity index (χ1v) is 5.31. The molecule has 0 bridgehead atoms. The van der Waals surface area contributed by atoms with E-state index < -0.39 is 0 Å². The summed E-state index contributed by atoms with van der Waals surface area (Å²) in [5, 5.41) is 8.81. The first-order valence-electron chi connectivity index (χ1n) is 5.31. The Morgan fingerprint density at radius 3 is 3.00 bits per heavy atom. The number of hydrogen-bond acceptors (Lipinski definition) is 3. The van der Waals surface area contributed by atoms with Gasteiger partial charge >= 0.3 is 5.97 Å². The van der Waals surface area contributed by atoms with E-state index in [0.29, 0.717) is 13.0 Å². The Hall–Kier alpha value is -1.61. The second-order valence-electron chi connectivity index (χ2n) is 3.30. The predicted molar refractivity (Wildman–Crippen MR) is 62.9 cm³/mol. The standard InChI is InChI=1S/C13H16O3/c1-2-16-13(15)7-6-11-4-3-5-12(10-11)8-9-14/h3-7,10,14H,2,8-9H2,1H3. The molecule has 1 aromatic carbocycles. The molecule has 0 amide bonds. The molecule has 3 heteroatoms. The summed E-state index contributed by atoms with van der Waals surface area (Å²) in [6, 6.07) is 7.68. The van der Waals surface area contributed by atoms with Crippen LogP contribution < -0.4 is 0 Å². The van der Waals surface area contributed by atoms with Crippen LogP contribution in [-0.4, -0.2) is 24.3 Å². The van der Waals surface area contributed by atoms with Gasteiger partial charge in [-0.05, 0) is 30.5 Å². The zero-order chi connectivity index (χ0) is 11.8. The van der Waals surface area contributed by atoms with Gasteiger partial charge in [-0.2, -0.15) is 0 Å². The molecular formula is C13H16O3. The van der Waals surface area contributed by atoms with Gasteiger partial charge in [0.2, 0.25) is 0 Å². The summed E-state index contributed by atoms with van der Waals surface area (Å²) in [5.74, 6) is -0.338. The molecule has 0 saturated carbocycles. The van der Waals surface area contributed by atoms with Crippen LogP contribution in [0.15, 0.2) is 30.3 Å². The largest absolute Gasteiger partial charge is 0.463 e. The highest BCUT2D eigenvalue weighted by Gasteiger charge is 1.95. The van der Waals surface area contributed by atoms with E-state index in [1.807, 2.05) is 24.3 Å². The van der Waals surface area contributed by atoms with Gasteiger partial charge in [0.1, 0.15) is 0 Å². The van der Waals surface area contributed by atoms with E-state index in [1.165, 1.54) is 6.08 Å². The number of hydrogen-bond donors (Lipinski definition) is 1. The minimum Gasteiger partial charge on any atom is -0.463 e. The lowest BCUT2D eigenvalue weighted by atomic mass is 10.1. The molecular weight excluding hydrogens is 204 g/mol. The minimum absolute atomic E-state index is 0.130. The van der Waals surface area contributed by atoms with Crippen LogP contribution in [0.4, 0.5) is 0 Å². The maximum Gasteiger partial charge on any atom is 0.330 e. The maximum atomic E-state index is 11.1. The highest BCUT2D eigenvalue weighted by molar-refractivity contribution is 5.87. The number of esters is 1. The maximum absolute atomic E-state index is 11.1. The van der Waals surface area contributed by atoms with Crippen molar-refractivity contribution in [3.05, 3.63) is 41.5 Å².